The molecular formula is C14H12BrClN2O3. The highest BCUT2D eigenvalue weighted by Gasteiger charge is 2.15. The molecule has 0 bridgehead atoms. The smallest absolute Gasteiger partial charge is 0.273 e. The number of nitrogens with two attached hydrogens (primary N) is 1. The van der Waals surface area contributed by atoms with E-state index in [-0.39, 0.29) is 22.5 Å². The quantitative estimate of drug-likeness (QED) is 0.617. The van der Waals surface area contributed by atoms with E-state index in [1.165, 1.54) is 18.2 Å². The first kappa shape index (κ1) is 15.8. The Labute approximate surface area is 134 Å². The summed E-state index contributed by atoms with van der Waals surface area (Å²) in [7, 11) is 0. The zero-order valence-corrected chi connectivity index (χ0v) is 13.4. The third-order valence-electron chi connectivity index (χ3n) is 2.81. The summed E-state index contributed by atoms with van der Waals surface area (Å²) in [6.45, 7) is 1.82. The van der Waals surface area contributed by atoms with Crippen molar-refractivity contribution in [2.45, 2.75) is 13.0 Å². The fraction of sp³-hybridized carbons (Fsp3) is 0.143. The Balaban J connectivity index is 2.44. The number of ether oxygens (including phenoxy) is 1. The molecule has 0 spiro atoms. The summed E-state index contributed by atoms with van der Waals surface area (Å²) in [6.07, 6.45) is 0. The van der Waals surface area contributed by atoms with Gasteiger partial charge >= 0.3 is 0 Å². The van der Waals surface area contributed by atoms with Crippen LogP contribution < -0.4 is 10.5 Å². The number of nitrogens with zero attached hydrogens (tertiary/aromatic N) is 1. The van der Waals surface area contributed by atoms with Gasteiger partial charge in [0.25, 0.3) is 5.69 Å². The summed E-state index contributed by atoms with van der Waals surface area (Å²) in [5.74, 6) is 0.715. The lowest BCUT2D eigenvalue weighted by molar-refractivity contribution is -0.384. The maximum atomic E-state index is 10.8. The minimum absolute atomic E-state index is 0.0910. The highest BCUT2D eigenvalue weighted by atomic mass is 79.9. The van der Waals surface area contributed by atoms with E-state index in [2.05, 4.69) is 15.9 Å². The van der Waals surface area contributed by atoms with E-state index in [1.807, 2.05) is 19.1 Å². The molecule has 0 aliphatic rings. The van der Waals surface area contributed by atoms with Gasteiger partial charge in [-0.05, 0) is 25.1 Å². The van der Waals surface area contributed by atoms with Crippen LogP contribution in [0.2, 0.25) is 5.02 Å². The molecule has 0 aliphatic carbocycles. The Morgan fingerprint density at radius 2 is 2.00 bits per heavy atom. The van der Waals surface area contributed by atoms with Crippen LogP contribution in [0.5, 0.6) is 11.5 Å². The average Bonchev–Trinajstić information content (AvgIpc) is 2.40. The first-order valence-electron chi connectivity index (χ1n) is 6.05. The molecule has 2 aromatic carbocycles. The van der Waals surface area contributed by atoms with E-state index in [1.54, 1.807) is 6.07 Å². The Morgan fingerprint density at radius 1 is 1.29 bits per heavy atom. The predicted octanol–water partition coefficient (Wildman–Crippen LogP) is 4.82. The molecule has 0 amide bonds. The van der Waals surface area contributed by atoms with Crippen LogP contribution in [0.15, 0.2) is 40.9 Å². The fourth-order valence-corrected chi connectivity index (χ4v) is 2.27. The molecule has 1 unspecified atom stereocenters. The first-order valence-corrected chi connectivity index (χ1v) is 7.22. The van der Waals surface area contributed by atoms with E-state index in [0.717, 1.165) is 10.0 Å². The van der Waals surface area contributed by atoms with Gasteiger partial charge in [-0.25, -0.2) is 0 Å². The lowest BCUT2D eigenvalue weighted by Crippen LogP contribution is -2.06. The monoisotopic (exact) mass is 370 g/mol. The van der Waals surface area contributed by atoms with Gasteiger partial charge in [-0.15, -0.1) is 0 Å². The molecule has 5 nitrogen and oxygen atoms in total. The molecule has 0 radical (unpaired) electrons. The van der Waals surface area contributed by atoms with Crippen LogP contribution in [-0.4, -0.2) is 4.92 Å². The van der Waals surface area contributed by atoms with Crippen LogP contribution >= 0.6 is 27.5 Å². The molecular weight excluding hydrogens is 360 g/mol. The minimum atomic E-state index is -0.503. The van der Waals surface area contributed by atoms with Gasteiger partial charge in [0.2, 0.25) is 0 Å². The first-order chi connectivity index (χ1) is 9.88. The highest BCUT2D eigenvalue weighted by Crippen LogP contribution is 2.36. The molecule has 0 aliphatic heterocycles. The van der Waals surface area contributed by atoms with Gasteiger partial charge in [0.1, 0.15) is 5.75 Å². The second kappa shape index (κ2) is 6.43. The molecule has 2 rings (SSSR count). The van der Waals surface area contributed by atoms with E-state index in [9.17, 15) is 10.1 Å². The predicted molar refractivity (Wildman–Crippen MR) is 84.9 cm³/mol. The van der Waals surface area contributed by atoms with Crippen LogP contribution in [0, 0.1) is 10.1 Å². The van der Waals surface area contributed by atoms with Crippen molar-refractivity contribution in [1.82, 2.24) is 0 Å². The number of rotatable bonds is 4. The van der Waals surface area contributed by atoms with E-state index >= 15 is 0 Å². The van der Waals surface area contributed by atoms with Crippen molar-refractivity contribution >= 4 is 33.2 Å². The average molecular weight is 372 g/mol. The van der Waals surface area contributed by atoms with Crippen LogP contribution in [0.3, 0.4) is 0 Å². The van der Waals surface area contributed by atoms with E-state index in [0.29, 0.717) is 5.75 Å². The standard InChI is InChI=1S/C14H12BrClN2O3/c1-8(17)11-4-2-9(15)6-13(11)21-14-7-10(18(19)20)3-5-12(14)16/h2-8H,17H2,1H3. The Hall–Kier alpha value is -1.63. The van der Waals surface area contributed by atoms with Crippen molar-refractivity contribution < 1.29 is 9.66 Å². The van der Waals surface area contributed by atoms with Crippen molar-refractivity contribution in [3.8, 4) is 11.5 Å². The maximum absolute atomic E-state index is 10.8. The van der Waals surface area contributed by atoms with Gasteiger partial charge in [0.05, 0.1) is 16.0 Å². The molecule has 0 aromatic heterocycles. The summed E-state index contributed by atoms with van der Waals surface area (Å²) in [4.78, 5) is 10.3. The van der Waals surface area contributed by atoms with Crippen LogP contribution in [-0.2, 0) is 0 Å². The van der Waals surface area contributed by atoms with Crippen molar-refractivity contribution in [3.63, 3.8) is 0 Å². The molecule has 1 atom stereocenters. The summed E-state index contributed by atoms with van der Waals surface area (Å²) in [6, 6.07) is 9.21. The van der Waals surface area contributed by atoms with Crippen molar-refractivity contribution in [1.29, 1.82) is 0 Å². The fourth-order valence-electron chi connectivity index (χ4n) is 1.78. The number of halogens is 2. The van der Waals surface area contributed by atoms with Crippen molar-refractivity contribution in [2.24, 2.45) is 5.73 Å². The number of hydrogen-bond acceptors (Lipinski definition) is 4. The third kappa shape index (κ3) is 3.72. The second-order valence-electron chi connectivity index (χ2n) is 4.44. The molecule has 21 heavy (non-hydrogen) atoms. The Kier molecular flexibility index (Phi) is 4.82. The number of nitro groups is 1. The molecule has 0 saturated heterocycles. The summed E-state index contributed by atoms with van der Waals surface area (Å²) in [5, 5.41) is 11.1. The second-order valence-corrected chi connectivity index (χ2v) is 5.77. The number of non-ortho nitro benzene ring substituents is 1. The van der Waals surface area contributed by atoms with Crippen LogP contribution in [0.4, 0.5) is 5.69 Å². The van der Waals surface area contributed by atoms with Gasteiger partial charge in [0.15, 0.2) is 5.75 Å². The van der Waals surface area contributed by atoms with Gasteiger partial charge < -0.3 is 10.5 Å². The lowest BCUT2D eigenvalue weighted by atomic mass is 10.1. The van der Waals surface area contributed by atoms with Crippen LogP contribution in [0.1, 0.15) is 18.5 Å². The van der Waals surface area contributed by atoms with E-state index < -0.39 is 4.92 Å². The number of benzene rings is 2. The lowest BCUT2D eigenvalue weighted by Gasteiger charge is -2.15. The molecule has 0 saturated carbocycles. The zero-order valence-electron chi connectivity index (χ0n) is 11.0. The van der Waals surface area contributed by atoms with Crippen molar-refractivity contribution in [3.05, 3.63) is 61.6 Å². The SMILES string of the molecule is CC(N)c1ccc(Br)cc1Oc1cc([N+](=O)[O-])ccc1Cl. The van der Waals surface area contributed by atoms with Gasteiger partial charge in [0, 0.05) is 22.1 Å². The molecule has 0 heterocycles. The normalized spacial score (nSPS) is 12.0. The van der Waals surface area contributed by atoms with Gasteiger partial charge in [-0.3, -0.25) is 10.1 Å². The largest absolute Gasteiger partial charge is 0.455 e. The summed E-state index contributed by atoms with van der Waals surface area (Å²) < 4.78 is 6.54. The van der Waals surface area contributed by atoms with E-state index in [4.69, 9.17) is 22.1 Å². The molecule has 110 valence electrons. The third-order valence-corrected chi connectivity index (χ3v) is 3.62. The number of hydrogen-bond donors (Lipinski definition) is 1. The Morgan fingerprint density at radius 3 is 2.62 bits per heavy atom. The molecule has 2 N–H and O–H groups in total. The highest BCUT2D eigenvalue weighted by molar-refractivity contribution is 9.10. The number of nitro benzene ring substituents is 1. The molecule has 7 heteroatoms. The summed E-state index contributed by atoms with van der Waals surface area (Å²) >= 11 is 9.38. The van der Waals surface area contributed by atoms with Crippen molar-refractivity contribution in [2.75, 3.05) is 0 Å². The Bertz CT molecular complexity index is 692. The summed E-state index contributed by atoms with van der Waals surface area (Å²) in [5.41, 5.74) is 6.59. The topological polar surface area (TPSA) is 78.4 Å². The molecule has 0 fully saturated rings. The van der Waals surface area contributed by atoms with Gasteiger partial charge in [-0.1, -0.05) is 33.6 Å². The molecule has 2 aromatic rings. The maximum Gasteiger partial charge on any atom is 0.273 e. The minimum Gasteiger partial charge on any atom is -0.455 e. The van der Waals surface area contributed by atoms with Gasteiger partial charge in [-0.2, -0.15) is 0 Å². The zero-order chi connectivity index (χ0) is 15.6. The van der Waals surface area contributed by atoms with Crippen LogP contribution in [0.25, 0.3) is 0 Å².